The number of hydrogen-bond acceptors (Lipinski definition) is 4. The smallest absolute Gasteiger partial charge is 0.226 e. The maximum absolute atomic E-state index is 12.7. The van der Waals surface area contributed by atoms with Crippen LogP contribution in [-0.4, -0.2) is 22.4 Å². The van der Waals surface area contributed by atoms with Gasteiger partial charge in [-0.05, 0) is 28.6 Å². The number of H-pyrrole nitrogens is 1. The number of hydrogen-bond donors (Lipinski definition) is 2. The average Bonchev–Trinajstić information content (AvgIpc) is 3.56. The van der Waals surface area contributed by atoms with Gasteiger partial charge >= 0.3 is 0 Å². The van der Waals surface area contributed by atoms with Crippen molar-refractivity contribution in [2.45, 2.75) is 12.3 Å². The molecule has 5 rings (SSSR count). The van der Waals surface area contributed by atoms with E-state index in [-0.39, 0.29) is 18.2 Å². The van der Waals surface area contributed by atoms with E-state index in [9.17, 15) is 4.79 Å². The van der Waals surface area contributed by atoms with Gasteiger partial charge in [-0.2, -0.15) is 0 Å². The maximum atomic E-state index is 12.7. The molecule has 0 fully saturated rings. The summed E-state index contributed by atoms with van der Waals surface area (Å²) in [7, 11) is 0. The number of carbonyl (C=O) groups excluding carboxylic acids is 1. The minimum atomic E-state index is -0.0104. The van der Waals surface area contributed by atoms with Crippen LogP contribution in [0.5, 0.6) is 0 Å². The highest BCUT2D eigenvalue weighted by Gasteiger charge is 2.19. The molecule has 0 spiro atoms. The summed E-state index contributed by atoms with van der Waals surface area (Å²) in [5.41, 5.74) is 4.29. The first kappa shape index (κ1) is 19.7. The summed E-state index contributed by atoms with van der Waals surface area (Å²) >= 11 is 3.25. The lowest BCUT2D eigenvalue weighted by molar-refractivity contribution is -0.120. The lowest BCUT2D eigenvalue weighted by Crippen LogP contribution is -2.30. The summed E-state index contributed by atoms with van der Waals surface area (Å²) in [6.45, 7) is 0.534. The van der Waals surface area contributed by atoms with Gasteiger partial charge < -0.3 is 10.3 Å². The van der Waals surface area contributed by atoms with Gasteiger partial charge in [0.1, 0.15) is 5.01 Å². The topological polar surface area (TPSA) is 57.8 Å². The Morgan fingerprint density at radius 3 is 2.68 bits per heavy atom. The van der Waals surface area contributed by atoms with Crippen molar-refractivity contribution in [3.8, 4) is 9.88 Å². The molecule has 1 amide bonds. The Bertz CT molecular complexity index is 1290. The fourth-order valence-electron chi connectivity index (χ4n) is 3.82. The molecule has 154 valence electrons. The minimum absolute atomic E-state index is 0.0104. The number of carbonyl (C=O) groups is 1. The molecule has 5 aromatic rings. The van der Waals surface area contributed by atoms with Crippen molar-refractivity contribution in [2.75, 3.05) is 6.54 Å². The van der Waals surface area contributed by atoms with Crippen molar-refractivity contribution in [1.29, 1.82) is 0 Å². The Morgan fingerprint density at radius 2 is 1.84 bits per heavy atom. The van der Waals surface area contributed by atoms with Crippen LogP contribution in [0.2, 0.25) is 0 Å². The number of amides is 1. The minimum Gasteiger partial charge on any atom is -0.361 e. The summed E-state index contributed by atoms with van der Waals surface area (Å²) in [6, 6.07) is 22.7. The summed E-state index contributed by atoms with van der Waals surface area (Å²) in [6.07, 6.45) is 2.35. The molecule has 31 heavy (non-hydrogen) atoms. The monoisotopic (exact) mass is 443 g/mol. The van der Waals surface area contributed by atoms with Gasteiger partial charge in [0, 0.05) is 34.9 Å². The van der Waals surface area contributed by atoms with Gasteiger partial charge in [-0.25, -0.2) is 4.98 Å². The molecule has 0 saturated heterocycles. The standard InChI is InChI=1S/C25H21N3OS2/c29-24(13-18-16-31-25(28-18)23-11-6-12-30-23)27-14-20(17-7-2-1-3-8-17)21-15-26-22-10-5-4-9-19(21)22/h1-12,15-16,20,26H,13-14H2,(H,27,29)/t20-/m1/s1. The van der Waals surface area contributed by atoms with Crippen LogP contribution >= 0.6 is 22.7 Å². The predicted octanol–water partition coefficient (Wildman–Crippen LogP) is 5.84. The Labute approximate surface area is 188 Å². The summed E-state index contributed by atoms with van der Waals surface area (Å²) < 4.78 is 0. The second kappa shape index (κ2) is 8.88. The van der Waals surface area contributed by atoms with Crippen LogP contribution in [0.4, 0.5) is 0 Å². The molecule has 6 heteroatoms. The third-order valence-electron chi connectivity index (χ3n) is 5.33. The number of nitrogens with one attached hydrogen (secondary N) is 2. The molecule has 0 saturated carbocycles. The molecule has 3 heterocycles. The Balaban J connectivity index is 1.32. The molecular formula is C25H21N3OS2. The molecular weight excluding hydrogens is 422 g/mol. The molecule has 0 radical (unpaired) electrons. The van der Waals surface area contributed by atoms with Gasteiger partial charge in [-0.15, -0.1) is 22.7 Å². The zero-order valence-electron chi connectivity index (χ0n) is 16.7. The number of thiophene rings is 1. The Hall–Kier alpha value is -3.22. The van der Waals surface area contributed by atoms with Crippen molar-refractivity contribution in [2.24, 2.45) is 0 Å². The van der Waals surface area contributed by atoms with Crippen LogP contribution in [-0.2, 0) is 11.2 Å². The highest BCUT2D eigenvalue weighted by molar-refractivity contribution is 7.20. The fourth-order valence-corrected chi connectivity index (χ4v) is 5.45. The third kappa shape index (κ3) is 4.31. The number of nitrogens with zero attached hydrogens (tertiary/aromatic N) is 1. The van der Waals surface area contributed by atoms with E-state index in [0.717, 1.165) is 21.1 Å². The van der Waals surface area contributed by atoms with Crippen molar-refractivity contribution < 1.29 is 4.79 Å². The molecule has 3 aromatic heterocycles. The Kier molecular flexibility index (Phi) is 5.65. The highest BCUT2D eigenvalue weighted by atomic mass is 32.1. The van der Waals surface area contributed by atoms with Crippen molar-refractivity contribution in [3.05, 3.63) is 101 Å². The van der Waals surface area contributed by atoms with Crippen LogP contribution in [0.3, 0.4) is 0 Å². The van der Waals surface area contributed by atoms with Crippen LogP contribution < -0.4 is 5.32 Å². The molecule has 2 N–H and O–H groups in total. The van der Waals surface area contributed by atoms with Crippen LogP contribution in [0.15, 0.2) is 83.7 Å². The third-order valence-corrected chi connectivity index (χ3v) is 7.26. The summed E-state index contributed by atoms with van der Waals surface area (Å²) in [4.78, 5) is 21.9. The van der Waals surface area contributed by atoms with E-state index in [4.69, 9.17) is 0 Å². The van der Waals surface area contributed by atoms with Crippen LogP contribution in [0.25, 0.3) is 20.8 Å². The van der Waals surface area contributed by atoms with E-state index >= 15 is 0 Å². The number of thiazole rings is 1. The zero-order valence-corrected chi connectivity index (χ0v) is 18.4. The molecule has 0 aliphatic heterocycles. The first-order valence-electron chi connectivity index (χ1n) is 10.1. The Morgan fingerprint density at radius 1 is 1.00 bits per heavy atom. The van der Waals surface area contributed by atoms with Gasteiger partial charge in [-0.1, -0.05) is 54.6 Å². The van der Waals surface area contributed by atoms with Crippen molar-refractivity contribution >= 4 is 39.5 Å². The molecule has 0 bridgehead atoms. The van der Waals surface area contributed by atoms with E-state index < -0.39 is 0 Å². The molecule has 0 unspecified atom stereocenters. The quantitative estimate of drug-likeness (QED) is 0.332. The van der Waals surface area contributed by atoms with Gasteiger partial charge in [0.25, 0.3) is 0 Å². The van der Waals surface area contributed by atoms with Crippen LogP contribution in [0, 0.1) is 0 Å². The molecule has 0 aliphatic rings. The summed E-state index contributed by atoms with van der Waals surface area (Å²) in [5, 5.41) is 9.31. The van der Waals surface area contributed by atoms with Crippen molar-refractivity contribution in [1.82, 2.24) is 15.3 Å². The van der Waals surface area contributed by atoms with E-state index in [1.807, 2.05) is 47.2 Å². The summed E-state index contributed by atoms with van der Waals surface area (Å²) in [5.74, 6) is 0.0576. The number of rotatable bonds is 7. The second-order valence-corrected chi connectivity index (χ2v) is 9.16. The number of benzene rings is 2. The number of aromatic nitrogens is 2. The fraction of sp³-hybridized carbons (Fsp3) is 0.120. The predicted molar refractivity (Wildman–Crippen MR) is 129 cm³/mol. The van der Waals surface area contributed by atoms with E-state index in [2.05, 4.69) is 51.8 Å². The van der Waals surface area contributed by atoms with Gasteiger partial charge in [0.05, 0.1) is 17.0 Å². The van der Waals surface area contributed by atoms with E-state index in [1.54, 1.807) is 22.7 Å². The first-order chi connectivity index (χ1) is 15.3. The maximum Gasteiger partial charge on any atom is 0.226 e. The number of para-hydroxylation sites is 1. The van der Waals surface area contributed by atoms with Crippen molar-refractivity contribution in [3.63, 3.8) is 0 Å². The number of aromatic amines is 1. The average molecular weight is 444 g/mol. The molecule has 2 aromatic carbocycles. The SMILES string of the molecule is O=C(Cc1csc(-c2cccs2)n1)NC[C@H](c1ccccc1)c1c[nH]c2ccccc12. The highest BCUT2D eigenvalue weighted by Crippen LogP contribution is 2.31. The van der Waals surface area contributed by atoms with Crippen LogP contribution in [0.1, 0.15) is 22.7 Å². The molecule has 1 atom stereocenters. The molecule has 4 nitrogen and oxygen atoms in total. The lowest BCUT2D eigenvalue weighted by Gasteiger charge is -2.18. The zero-order chi connectivity index (χ0) is 21.0. The van der Waals surface area contributed by atoms with Gasteiger partial charge in [0.2, 0.25) is 5.91 Å². The lowest BCUT2D eigenvalue weighted by atomic mass is 9.91. The van der Waals surface area contributed by atoms with E-state index in [1.165, 1.54) is 16.5 Å². The normalized spacial score (nSPS) is 12.1. The number of fused-ring (bicyclic) bond motifs is 1. The first-order valence-corrected chi connectivity index (χ1v) is 11.9. The van der Waals surface area contributed by atoms with Gasteiger partial charge in [0.15, 0.2) is 0 Å². The second-order valence-electron chi connectivity index (χ2n) is 7.36. The molecule has 0 aliphatic carbocycles. The largest absolute Gasteiger partial charge is 0.361 e. The van der Waals surface area contributed by atoms with Gasteiger partial charge in [-0.3, -0.25) is 4.79 Å². The van der Waals surface area contributed by atoms with E-state index in [0.29, 0.717) is 6.54 Å².